The molecule has 0 aliphatic carbocycles. The molecule has 1 N–H and O–H groups in total. The molecule has 0 unspecified atom stereocenters. The minimum atomic E-state index is -4.39. The van der Waals surface area contributed by atoms with Gasteiger partial charge in [-0.05, 0) is 50.6 Å². The molecule has 0 saturated carbocycles. The fourth-order valence-corrected chi connectivity index (χ4v) is 4.39. The van der Waals surface area contributed by atoms with Gasteiger partial charge in [0.25, 0.3) is 0 Å². The smallest absolute Gasteiger partial charge is 0.382 e. The molecule has 31 heavy (non-hydrogen) atoms. The van der Waals surface area contributed by atoms with E-state index in [0.29, 0.717) is 35.9 Å². The van der Waals surface area contributed by atoms with Crippen molar-refractivity contribution >= 4 is 22.8 Å². The van der Waals surface area contributed by atoms with Crippen LogP contribution in [0.25, 0.3) is 17.0 Å². The monoisotopic (exact) mass is 454 g/mol. The Balaban J connectivity index is 1.81. The molecule has 0 aliphatic rings. The first-order valence-corrected chi connectivity index (χ1v) is 11.0. The number of H-pyrrole nitrogens is 1. The number of nitrogens with zero attached hydrogens (tertiary/aromatic N) is 2. The first kappa shape index (κ1) is 23.6. The summed E-state index contributed by atoms with van der Waals surface area (Å²) in [6.45, 7) is 7.18. The zero-order valence-electron chi connectivity index (χ0n) is 18.0. The molecule has 1 aromatic carbocycles. The number of hydrogen-bond acceptors (Lipinski definition) is 4. The maximum absolute atomic E-state index is 13.0. The van der Waals surface area contributed by atoms with E-state index in [-0.39, 0.29) is 5.60 Å². The topological polar surface area (TPSA) is 51.0 Å². The molecule has 2 heterocycles. The normalized spacial score (nSPS) is 12.6. The van der Waals surface area contributed by atoms with Crippen LogP contribution in [0.15, 0.2) is 36.5 Å². The van der Waals surface area contributed by atoms with Crippen molar-refractivity contribution in [1.29, 1.82) is 0 Å². The predicted octanol–water partition coefficient (Wildman–Crippen LogP) is 4.84. The SMILES string of the molecule is COCCOC(C)(C)CSCc1c(C)ccc[n+]1-c1nc2ccc(C(F)(F)F)cc2[nH]1. The summed E-state index contributed by atoms with van der Waals surface area (Å²) in [6.07, 6.45) is -2.53. The average Bonchev–Trinajstić information content (AvgIpc) is 3.11. The number of benzene rings is 1. The molecule has 2 aromatic heterocycles. The Hall–Kier alpha value is -2.10. The lowest BCUT2D eigenvalue weighted by atomic mass is 10.2. The molecule has 0 aliphatic heterocycles. The lowest BCUT2D eigenvalue weighted by Gasteiger charge is -2.25. The van der Waals surface area contributed by atoms with Gasteiger partial charge in [0, 0.05) is 18.6 Å². The molecule has 9 heteroatoms. The van der Waals surface area contributed by atoms with Gasteiger partial charge in [0.1, 0.15) is 5.52 Å². The summed E-state index contributed by atoms with van der Waals surface area (Å²) in [4.78, 5) is 7.54. The molecule has 3 aromatic rings. The number of halogens is 3. The Kier molecular flexibility index (Phi) is 7.28. The van der Waals surface area contributed by atoms with Crippen LogP contribution in [0.5, 0.6) is 0 Å². The highest BCUT2D eigenvalue weighted by molar-refractivity contribution is 7.98. The summed E-state index contributed by atoms with van der Waals surface area (Å²) in [7, 11) is 1.64. The molecule has 0 radical (unpaired) electrons. The van der Waals surface area contributed by atoms with Crippen molar-refractivity contribution in [3.63, 3.8) is 0 Å². The second kappa shape index (κ2) is 9.58. The quantitative estimate of drug-likeness (QED) is 0.371. The van der Waals surface area contributed by atoms with E-state index in [1.54, 1.807) is 18.9 Å². The van der Waals surface area contributed by atoms with Crippen molar-refractivity contribution in [3.05, 3.63) is 53.3 Å². The third-order valence-corrected chi connectivity index (χ3v) is 6.20. The van der Waals surface area contributed by atoms with Crippen LogP contribution in [0.1, 0.15) is 30.7 Å². The largest absolute Gasteiger partial charge is 0.416 e. The molecule has 3 rings (SSSR count). The van der Waals surface area contributed by atoms with Gasteiger partial charge in [-0.15, -0.1) is 0 Å². The van der Waals surface area contributed by atoms with E-state index >= 15 is 0 Å². The molecule has 0 bridgehead atoms. The number of alkyl halides is 3. The number of imidazole rings is 1. The minimum Gasteiger partial charge on any atom is -0.382 e. The summed E-state index contributed by atoms with van der Waals surface area (Å²) in [5.41, 5.74) is 1.94. The molecule has 0 spiro atoms. The molecule has 5 nitrogen and oxygen atoms in total. The van der Waals surface area contributed by atoms with Crippen molar-refractivity contribution in [3.8, 4) is 5.95 Å². The average molecular weight is 455 g/mol. The van der Waals surface area contributed by atoms with Gasteiger partial charge in [0.2, 0.25) is 0 Å². The van der Waals surface area contributed by atoms with E-state index in [9.17, 15) is 13.2 Å². The molecule has 0 atom stereocenters. The lowest BCUT2D eigenvalue weighted by Crippen LogP contribution is -2.37. The standard InChI is InChI=1S/C22H27F3N3O2S/c1-15-6-5-9-28(19(15)13-31-14-21(2,3)30-11-10-29-4)20-26-17-8-7-16(22(23,24)25)12-18(17)27-20/h5-9,12H,10-11,13-14H2,1-4H3,(H,26,27)/q+1. The second-order valence-corrected chi connectivity index (χ2v) is 8.88. The molecule has 0 amide bonds. The van der Waals surface area contributed by atoms with Crippen molar-refractivity contribution < 1.29 is 27.2 Å². The maximum Gasteiger partial charge on any atom is 0.416 e. The molecule has 0 saturated heterocycles. The van der Waals surface area contributed by atoms with Gasteiger partial charge in [-0.25, -0.2) is 9.55 Å². The number of hydrogen-bond donors (Lipinski definition) is 1. The highest BCUT2D eigenvalue weighted by atomic mass is 32.2. The van der Waals surface area contributed by atoms with Crippen LogP contribution in [0.2, 0.25) is 0 Å². The number of rotatable bonds is 9. The highest BCUT2D eigenvalue weighted by Gasteiger charge is 2.31. The number of methoxy groups -OCH3 is 1. The Morgan fingerprint density at radius 3 is 2.65 bits per heavy atom. The number of aryl methyl sites for hydroxylation is 1. The fourth-order valence-electron chi connectivity index (χ4n) is 3.15. The van der Waals surface area contributed by atoms with Gasteiger partial charge in [-0.2, -0.15) is 24.9 Å². The minimum absolute atomic E-state index is 0.302. The zero-order chi connectivity index (χ0) is 22.6. The van der Waals surface area contributed by atoms with Crippen LogP contribution >= 0.6 is 11.8 Å². The summed E-state index contributed by atoms with van der Waals surface area (Å²) in [5.74, 6) is 1.97. The van der Waals surface area contributed by atoms with E-state index in [1.807, 2.05) is 43.7 Å². The Morgan fingerprint density at radius 1 is 1.16 bits per heavy atom. The summed E-state index contributed by atoms with van der Waals surface area (Å²) in [5, 5.41) is 0. The predicted molar refractivity (Wildman–Crippen MR) is 115 cm³/mol. The van der Waals surface area contributed by atoms with Gasteiger partial charge < -0.3 is 9.47 Å². The van der Waals surface area contributed by atoms with Crippen LogP contribution in [-0.4, -0.2) is 41.6 Å². The number of ether oxygens (including phenoxy) is 2. The van der Waals surface area contributed by atoms with Crippen molar-refractivity contribution in [2.24, 2.45) is 0 Å². The van der Waals surface area contributed by atoms with Gasteiger partial charge >= 0.3 is 12.1 Å². The number of aromatic nitrogens is 3. The van der Waals surface area contributed by atoms with Gasteiger partial charge in [-0.1, -0.05) is 11.1 Å². The van der Waals surface area contributed by atoms with Crippen LogP contribution in [0, 0.1) is 6.92 Å². The van der Waals surface area contributed by atoms with E-state index in [2.05, 4.69) is 9.97 Å². The summed E-state index contributed by atoms with van der Waals surface area (Å²) in [6, 6.07) is 7.45. The summed E-state index contributed by atoms with van der Waals surface area (Å²) >= 11 is 1.73. The van der Waals surface area contributed by atoms with E-state index in [4.69, 9.17) is 9.47 Å². The third-order valence-electron chi connectivity index (χ3n) is 4.82. The van der Waals surface area contributed by atoms with Gasteiger partial charge in [-0.3, -0.25) is 0 Å². The number of aromatic amines is 1. The Bertz CT molecular complexity index is 1030. The van der Waals surface area contributed by atoms with E-state index in [1.165, 1.54) is 6.07 Å². The first-order valence-electron chi connectivity index (χ1n) is 9.89. The zero-order valence-corrected chi connectivity index (χ0v) is 18.9. The van der Waals surface area contributed by atoms with E-state index in [0.717, 1.165) is 29.1 Å². The third kappa shape index (κ3) is 5.99. The van der Waals surface area contributed by atoms with Crippen molar-refractivity contribution in [2.45, 2.75) is 38.3 Å². The second-order valence-electron chi connectivity index (χ2n) is 7.89. The van der Waals surface area contributed by atoms with E-state index < -0.39 is 11.7 Å². The van der Waals surface area contributed by atoms with Crippen molar-refractivity contribution in [1.82, 2.24) is 9.97 Å². The molecule has 168 valence electrons. The number of thioether (sulfide) groups is 1. The maximum atomic E-state index is 13.0. The fraction of sp³-hybridized carbons (Fsp3) is 0.455. The number of fused-ring (bicyclic) bond motifs is 1. The Morgan fingerprint density at radius 2 is 1.94 bits per heavy atom. The lowest BCUT2D eigenvalue weighted by molar-refractivity contribution is -0.610. The van der Waals surface area contributed by atoms with Gasteiger partial charge in [0.05, 0.1) is 36.3 Å². The van der Waals surface area contributed by atoms with Crippen molar-refractivity contribution in [2.75, 3.05) is 26.1 Å². The Labute approximate surface area is 184 Å². The summed E-state index contributed by atoms with van der Waals surface area (Å²) < 4.78 is 51.9. The molecular formula is C22H27F3N3O2S+. The highest BCUT2D eigenvalue weighted by Crippen LogP contribution is 2.31. The molecule has 0 fully saturated rings. The number of pyridine rings is 1. The van der Waals surface area contributed by atoms with Crippen LogP contribution in [0.4, 0.5) is 13.2 Å². The van der Waals surface area contributed by atoms with Crippen LogP contribution in [0.3, 0.4) is 0 Å². The van der Waals surface area contributed by atoms with Gasteiger partial charge in [0.15, 0.2) is 5.52 Å². The molecular weight excluding hydrogens is 427 g/mol. The number of nitrogens with one attached hydrogen (secondary N) is 1. The first-order chi connectivity index (χ1) is 14.6. The van der Waals surface area contributed by atoms with Crippen LogP contribution in [-0.2, 0) is 21.4 Å². The van der Waals surface area contributed by atoms with Crippen LogP contribution < -0.4 is 4.57 Å².